The lowest BCUT2D eigenvalue weighted by Gasteiger charge is -2.13. The number of para-hydroxylation sites is 3. The molecule has 2 heterocycles. The monoisotopic (exact) mass is 542 g/mol. The van der Waals surface area contributed by atoms with Gasteiger partial charge >= 0.3 is 18.3 Å². The van der Waals surface area contributed by atoms with Crippen molar-refractivity contribution < 1.29 is 45.3 Å². The first-order valence-electron chi connectivity index (χ1n) is 10.6. The molecule has 0 saturated heterocycles. The number of carbonyl (C=O) groups is 1. The Hall–Kier alpha value is -4.49. The number of rotatable bonds is 5. The molecule has 0 aliphatic carbocycles. The molecule has 0 aliphatic heterocycles. The molecular formula is C24H20F6N4O4. The Balaban J connectivity index is 0.000000215. The Morgan fingerprint density at radius 2 is 1.24 bits per heavy atom. The standard InChI is InChI=1S/C13H11F3N2O3.C11H9F3N2O/c1-8(19)21-11-5-3-4-10(20-2)12(11)18-7-9(6-17-18)13(14,15)16;1-17-10-5-3-2-4-9(10)16-7-8(6-15-16)11(12,13)14/h3-7H,1-2H3;2-7H,1H3. The van der Waals surface area contributed by atoms with Crippen molar-refractivity contribution in [1.29, 1.82) is 0 Å². The van der Waals surface area contributed by atoms with Crippen molar-refractivity contribution in [3.8, 4) is 28.6 Å². The van der Waals surface area contributed by atoms with Crippen LogP contribution < -0.4 is 14.2 Å². The summed E-state index contributed by atoms with van der Waals surface area (Å²) in [5.41, 5.74) is -1.12. The van der Waals surface area contributed by atoms with Crippen LogP contribution in [0.15, 0.2) is 67.3 Å². The predicted molar refractivity (Wildman–Crippen MR) is 122 cm³/mol. The zero-order chi connectivity index (χ0) is 28.1. The van der Waals surface area contributed by atoms with Gasteiger partial charge in [-0.25, -0.2) is 9.36 Å². The number of carbonyl (C=O) groups excluding carboxylic acids is 1. The normalized spacial score (nSPS) is 11.4. The third-order valence-electron chi connectivity index (χ3n) is 4.82. The summed E-state index contributed by atoms with van der Waals surface area (Å²) in [5.74, 6) is 0.140. The average molecular weight is 542 g/mol. The Morgan fingerprint density at radius 1 is 0.737 bits per heavy atom. The van der Waals surface area contributed by atoms with Gasteiger partial charge in [-0.1, -0.05) is 18.2 Å². The van der Waals surface area contributed by atoms with Crippen LogP contribution in [0.4, 0.5) is 26.3 Å². The number of alkyl halides is 6. The van der Waals surface area contributed by atoms with Crippen LogP contribution in [0.2, 0.25) is 0 Å². The van der Waals surface area contributed by atoms with Crippen molar-refractivity contribution in [2.24, 2.45) is 0 Å². The molecule has 2 aromatic heterocycles. The number of hydrogen-bond donors (Lipinski definition) is 0. The van der Waals surface area contributed by atoms with Crippen LogP contribution in [0.3, 0.4) is 0 Å². The number of ether oxygens (including phenoxy) is 3. The number of esters is 1. The van der Waals surface area contributed by atoms with Crippen LogP contribution in [-0.2, 0) is 17.1 Å². The van der Waals surface area contributed by atoms with Gasteiger partial charge in [0.2, 0.25) is 0 Å². The molecule has 0 radical (unpaired) electrons. The molecule has 0 N–H and O–H groups in total. The van der Waals surface area contributed by atoms with Crippen LogP contribution in [0.1, 0.15) is 18.1 Å². The van der Waals surface area contributed by atoms with Crippen molar-refractivity contribution in [1.82, 2.24) is 19.6 Å². The quantitative estimate of drug-likeness (QED) is 0.182. The first-order chi connectivity index (χ1) is 17.8. The number of benzene rings is 2. The Morgan fingerprint density at radius 3 is 1.76 bits per heavy atom. The van der Waals surface area contributed by atoms with Crippen molar-refractivity contribution >= 4 is 5.97 Å². The van der Waals surface area contributed by atoms with Gasteiger partial charge in [0.05, 0.1) is 37.7 Å². The molecule has 8 nitrogen and oxygen atoms in total. The number of nitrogens with zero attached hydrogens (tertiary/aromatic N) is 4. The molecule has 4 rings (SSSR count). The summed E-state index contributed by atoms with van der Waals surface area (Å²) in [7, 11) is 2.80. The van der Waals surface area contributed by atoms with E-state index in [2.05, 4.69) is 10.2 Å². The third kappa shape index (κ3) is 6.63. The fourth-order valence-electron chi connectivity index (χ4n) is 3.14. The molecule has 0 amide bonds. The topological polar surface area (TPSA) is 80.4 Å². The molecule has 4 aromatic rings. The molecule has 0 saturated carbocycles. The highest BCUT2D eigenvalue weighted by Crippen LogP contribution is 2.35. The van der Waals surface area contributed by atoms with E-state index in [4.69, 9.17) is 14.2 Å². The van der Waals surface area contributed by atoms with Gasteiger partial charge in [0, 0.05) is 19.3 Å². The summed E-state index contributed by atoms with van der Waals surface area (Å²) in [6.45, 7) is 1.19. The molecule has 202 valence electrons. The molecule has 38 heavy (non-hydrogen) atoms. The van der Waals surface area contributed by atoms with E-state index in [9.17, 15) is 31.1 Å². The molecule has 0 bridgehead atoms. The van der Waals surface area contributed by atoms with Gasteiger partial charge in [-0.3, -0.25) is 4.79 Å². The van der Waals surface area contributed by atoms with Gasteiger partial charge in [-0.15, -0.1) is 0 Å². The van der Waals surface area contributed by atoms with E-state index in [0.29, 0.717) is 17.6 Å². The van der Waals surface area contributed by atoms with E-state index in [1.54, 1.807) is 30.3 Å². The highest BCUT2D eigenvalue weighted by atomic mass is 19.4. The molecule has 0 spiro atoms. The SMILES string of the molecule is COc1cccc(OC(C)=O)c1-n1cc(C(F)(F)F)cn1.COc1ccccc1-n1cc(C(F)(F)F)cn1. The minimum Gasteiger partial charge on any atom is -0.494 e. The van der Waals surface area contributed by atoms with E-state index in [0.717, 1.165) is 28.0 Å². The minimum atomic E-state index is -4.51. The fraction of sp³-hybridized carbons (Fsp3) is 0.208. The molecular weight excluding hydrogens is 522 g/mol. The number of aromatic nitrogens is 4. The van der Waals surface area contributed by atoms with Crippen molar-refractivity contribution in [2.75, 3.05) is 14.2 Å². The van der Waals surface area contributed by atoms with Crippen LogP contribution >= 0.6 is 0 Å². The van der Waals surface area contributed by atoms with Crippen molar-refractivity contribution in [2.45, 2.75) is 19.3 Å². The van der Waals surface area contributed by atoms with Crippen LogP contribution in [0.5, 0.6) is 17.2 Å². The highest BCUT2D eigenvalue weighted by molar-refractivity contribution is 5.72. The highest BCUT2D eigenvalue weighted by Gasteiger charge is 2.33. The van der Waals surface area contributed by atoms with Crippen LogP contribution in [0.25, 0.3) is 11.4 Å². The maximum absolute atomic E-state index is 12.6. The third-order valence-corrected chi connectivity index (χ3v) is 4.82. The summed E-state index contributed by atoms with van der Waals surface area (Å²) >= 11 is 0. The van der Waals surface area contributed by atoms with Crippen molar-refractivity contribution in [3.63, 3.8) is 0 Å². The van der Waals surface area contributed by atoms with Gasteiger partial charge in [0.1, 0.15) is 22.9 Å². The molecule has 0 fully saturated rings. The van der Waals surface area contributed by atoms with E-state index in [-0.39, 0.29) is 17.2 Å². The van der Waals surface area contributed by atoms with Gasteiger partial charge in [0.25, 0.3) is 0 Å². The Bertz CT molecular complexity index is 1400. The van der Waals surface area contributed by atoms with E-state index >= 15 is 0 Å². The molecule has 2 aromatic carbocycles. The molecule has 0 unspecified atom stereocenters. The van der Waals surface area contributed by atoms with Gasteiger partial charge in [0.15, 0.2) is 5.75 Å². The summed E-state index contributed by atoms with van der Waals surface area (Å²) < 4.78 is 92.4. The second-order valence-electron chi connectivity index (χ2n) is 7.42. The summed E-state index contributed by atoms with van der Waals surface area (Å²) in [6.07, 6.45) is -5.71. The van der Waals surface area contributed by atoms with Crippen LogP contribution in [-0.4, -0.2) is 39.7 Å². The van der Waals surface area contributed by atoms with E-state index in [1.807, 2.05) is 0 Å². The Labute approximate surface area is 212 Å². The zero-order valence-electron chi connectivity index (χ0n) is 20.0. The molecule has 0 aliphatic rings. The summed E-state index contributed by atoms with van der Waals surface area (Å²) in [5, 5.41) is 7.33. The minimum absolute atomic E-state index is 0.0543. The smallest absolute Gasteiger partial charge is 0.419 e. The second-order valence-corrected chi connectivity index (χ2v) is 7.42. The number of hydrogen-bond acceptors (Lipinski definition) is 6. The maximum atomic E-state index is 12.6. The predicted octanol–water partition coefficient (Wildman–Crippen LogP) is 5.72. The van der Waals surface area contributed by atoms with Gasteiger partial charge in [-0.2, -0.15) is 36.5 Å². The lowest BCUT2D eigenvalue weighted by atomic mass is 10.2. The molecule has 0 atom stereocenters. The second kappa shape index (κ2) is 11.3. The maximum Gasteiger partial charge on any atom is 0.419 e. The average Bonchev–Trinajstić information content (AvgIpc) is 3.54. The summed E-state index contributed by atoms with van der Waals surface area (Å²) in [4.78, 5) is 11.1. The number of methoxy groups -OCH3 is 2. The van der Waals surface area contributed by atoms with Crippen molar-refractivity contribution in [3.05, 3.63) is 78.4 Å². The van der Waals surface area contributed by atoms with Gasteiger partial charge in [-0.05, 0) is 24.3 Å². The summed E-state index contributed by atoms with van der Waals surface area (Å²) in [6, 6.07) is 11.2. The lowest BCUT2D eigenvalue weighted by Crippen LogP contribution is -2.08. The van der Waals surface area contributed by atoms with E-state index in [1.165, 1.54) is 33.3 Å². The largest absolute Gasteiger partial charge is 0.494 e. The Kier molecular flexibility index (Phi) is 8.33. The lowest BCUT2D eigenvalue weighted by molar-refractivity contribution is -0.138. The first-order valence-corrected chi connectivity index (χ1v) is 10.6. The van der Waals surface area contributed by atoms with E-state index < -0.39 is 29.4 Å². The zero-order valence-corrected chi connectivity index (χ0v) is 20.0. The number of halogens is 6. The van der Waals surface area contributed by atoms with Crippen LogP contribution in [0, 0.1) is 0 Å². The first kappa shape index (κ1) is 28.1. The van der Waals surface area contributed by atoms with Gasteiger partial charge < -0.3 is 14.2 Å². The molecule has 14 heteroatoms. The fourth-order valence-corrected chi connectivity index (χ4v) is 3.14.